The Balaban J connectivity index is 1.79. The number of hydrogen-bond donors (Lipinski definition) is 0. The molecule has 0 radical (unpaired) electrons. The van der Waals surface area contributed by atoms with Gasteiger partial charge in [0.25, 0.3) is 0 Å². The van der Waals surface area contributed by atoms with Crippen LogP contribution in [0.4, 0.5) is 0 Å². The van der Waals surface area contributed by atoms with Crippen LogP contribution >= 0.6 is 0 Å². The molecule has 2 bridgehead atoms. The Morgan fingerprint density at radius 1 is 1.18 bits per heavy atom. The van der Waals surface area contributed by atoms with Crippen LogP contribution in [0.5, 0.6) is 0 Å². The van der Waals surface area contributed by atoms with Gasteiger partial charge in [0.1, 0.15) is 0 Å². The first kappa shape index (κ1) is 11.0. The Morgan fingerprint density at radius 3 is 2.35 bits per heavy atom. The van der Waals surface area contributed by atoms with Gasteiger partial charge in [0.15, 0.2) is 5.82 Å². The van der Waals surface area contributed by atoms with Crippen molar-refractivity contribution in [2.24, 2.45) is 5.92 Å². The quantitative estimate of drug-likeness (QED) is 0.743. The number of Topliss-reactive ketones (excluding diaryl/α,β-unsaturated/α-hetero) is 1. The molecular weight excluding hydrogens is 236 g/mol. The van der Waals surface area contributed by atoms with Crippen LogP contribution in [0.15, 0.2) is 18.5 Å². The second-order valence-electron chi connectivity index (χ2n) is 4.75. The average molecular weight is 250 g/mol. The van der Waals surface area contributed by atoms with Crippen molar-refractivity contribution in [3.8, 4) is 0 Å². The summed E-state index contributed by atoms with van der Waals surface area (Å²) in [7, 11) is -0.705. The van der Waals surface area contributed by atoms with Gasteiger partial charge in [-0.3, -0.25) is 9.00 Å². The molecule has 0 spiro atoms. The number of nitrogens with zero attached hydrogens (tertiary/aromatic N) is 2. The van der Waals surface area contributed by atoms with Gasteiger partial charge < -0.3 is 0 Å². The Kier molecular flexibility index (Phi) is 2.78. The molecule has 2 atom stereocenters. The smallest absolute Gasteiger partial charge is 0.203 e. The van der Waals surface area contributed by atoms with Crippen LogP contribution in [0, 0.1) is 5.92 Å². The van der Waals surface area contributed by atoms with Crippen molar-refractivity contribution in [2.45, 2.75) is 36.2 Å². The van der Waals surface area contributed by atoms with E-state index in [9.17, 15) is 9.00 Å². The highest BCUT2D eigenvalue weighted by atomic mass is 32.2. The average Bonchev–Trinajstić information content (AvgIpc) is 2.61. The molecule has 3 heterocycles. The van der Waals surface area contributed by atoms with Gasteiger partial charge in [-0.25, -0.2) is 9.97 Å². The zero-order valence-electron chi connectivity index (χ0n) is 9.41. The van der Waals surface area contributed by atoms with Crippen molar-refractivity contribution in [1.29, 1.82) is 0 Å². The molecule has 4 nitrogen and oxygen atoms in total. The number of rotatable bonds is 2. The molecule has 0 aromatic carbocycles. The molecular formula is C12H14N2O2S. The molecule has 1 aromatic heterocycles. The van der Waals surface area contributed by atoms with E-state index in [-0.39, 0.29) is 22.2 Å². The lowest BCUT2D eigenvalue weighted by molar-refractivity contribution is 0.0895. The van der Waals surface area contributed by atoms with Crippen molar-refractivity contribution in [3.05, 3.63) is 24.3 Å². The molecule has 2 unspecified atom stereocenters. The molecule has 2 aliphatic rings. The summed E-state index contributed by atoms with van der Waals surface area (Å²) in [5, 5.41) is 0.456. The minimum Gasteiger partial charge on any atom is -0.290 e. The first-order chi connectivity index (χ1) is 8.25. The zero-order valence-corrected chi connectivity index (χ0v) is 10.2. The van der Waals surface area contributed by atoms with E-state index in [2.05, 4.69) is 9.97 Å². The zero-order chi connectivity index (χ0) is 11.8. The topological polar surface area (TPSA) is 59.9 Å². The summed E-state index contributed by atoms with van der Waals surface area (Å²) in [6, 6.07) is 1.70. The number of ketones is 1. The fourth-order valence-electron chi connectivity index (χ4n) is 2.86. The highest BCUT2D eigenvalue weighted by Gasteiger charge is 2.43. The van der Waals surface area contributed by atoms with E-state index in [1.165, 1.54) is 0 Å². The highest BCUT2D eigenvalue weighted by Crippen LogP contribution is 2.39. The van der Waals surface area contributed by atoms with Gasteiger partial charge in [-0.05, 0) is 31.7 Å². The van der Waals surface area contributed by atoms with Crippen LogP contribution in [-0.4, -0.2) is 30.5 Å². The second-order valence-corrected chi connectivity index (χ2v) is 6.75. The predicted molar refractivity (Wildman–Crippen MR) is 64.0 cm³/mol. The number of hydrogen-bond acceptors (Lipinski definition) is 4. The molecule has 0 aliphatic carbocycles. The maximum absolute atomic E-state index is 12.2. The first-order valence-corrected chi connectivity index (χ1v) is 7.24. The lowest BCUT2D eigenvalue weighted by atomic mass is 9.94. The fourth-order valence-corrected chi connectivity index (χ4v) is 4.98. The Morgan fingerprint density at radius 2 is 1.76 bits per heavy atom. The first-order valence-electron chi connectivity index (χ1n) is 5.96. The lowest BCUT2D eigenvalue weighted by Crippen LogP contribution is -2.32. The summed E-state index contributed by atoms with van der Waals surface area (Å²) in [6.45, 7) is 0. The van der Waals surface area contributed by atoms with Crippen molar-refractivity contribution >= 4 is 16.6 Å². The largest absolute Gasteiger partial charge is 0.290 e. The maximum atomic E-state index is 12.2. The van der Waals surface area contributed by atoms with Gasteiger partial charge in [0.2, 0.25) is 5.78 Å². The third kappa shape index (κ3) is 1.92. The maximum Gasteiger partial charge on any atom is 0.203 e. The molecule has 0 amide bonds. The summed E-state index contributed by atoms with van der Waals surface area (Å²) < 4.78 is 11.9. The minimum atomic E-state index is -0.705. The third-order valence-electron chi connectivity index (χ3n) is 3.72. The van der Waals surface area contributed by atoms with Gasteiger partial charge in [-0.1, -0.05) is 0 Å². The summed E-state index contributed by atoms with van der Waals surface area (Å²) in [5.74, 6) is 0.316. The minimum absolute atomic E-state index is 0.0207. The number of fused-ring (bicyclic) bond motifs is 2. The molecule has 2 fully saturated rings. The van der Waals surface area contributed by atoms with Crippen LogP contribution < -0.4 is 0 Å². The van der Waals surface area contributed by atoms with Crippen LogP contribution in [0.3, 0.4) is 0 Å². The van der Waals surface area contributed by atoms with Crippen molar-refractivity contribution < 1.29 is 9.00 Å². The molecule has 0 saturated carbocycles. The summed E-state index contributed by atoms with van der Waals surface area (Å²) in [5.41, 5.74) is 0. The molecule has 5 heteroatoms. The highest BCUT2D eigenvalue weighted by molar-refractivity contribution is 7.86. The Hall–Kier alpha value is -1.10. The van der Waals surface area contributed by atoms with E-state index < -0.39 is 10.8 Å². The molecule has 0 N–H and O–H groups in total. The van der Waals surface area contributed by atoms with Gasteiger partial charge in [-0.2, -0.15) is 0 Å². The van der Waals surface area contributed by atoms with Gasteiger partial charge in [0, 0.05) is 39.6 Å². The van der Waals surface area contributed by atoms with Gasteiger partial charge in [-0.15, -0.1) is 0 Å². The van der Waals surface area contributed by atoms with Gasteiger partial charge in [0.05, 0.1) is 0 Å². The van der Waals surface area contributed by atoms with Crippen LogP contribution in [0.2, 0.25) is 0 Å². The predicted octanol–water partition coefficient (Wildman–Crippen LogP) is 1.35. The van der Waals surface area contributed by atoms with Crippen molar-refractivity contribution in [1.82, 2.24) is 9.97 Å². The number of carbonyl (C=O) groups is 1. The van der Waals surface area contributed by atoms with Crippen molar-refractivity contribution in [2.75, 3.05) is 0 Å². The van der Waals surface area contributed by atoms with Crippen LogP contribution in [-0.2, 0) is 10.8 Å². The van der Waals surface area contributed by atoms with Crippen LogP contribution in [0.1, 0.15) is 36.3 Å². The van der Waals surface area contributed by atoms with E-state index >= 15 is 0 Å². The summed E-state index contributed by atoms with van der Waals surface area (Å²) >= 11 is 0. The normalized spacial score (nSPS) is 35.8. The lowest BCUT2D eigenvalue weighted by Gasteiger charge is -2.25. The molecule has 2 aliphatic heterocycles. The third-order valence-corrected chi connectivity index (χ3v) is 5.89. The number of carbonyl (C=O) groups excluding carboxylic acids is 1. The monoisotopic (exact) mass is 250 g/mol. The SMILES string of the molecule is O=C(c1ncccn1)C1CC2CCC(C1)S2=O. The Bertz CT molecular complexity index is 447. The molecule has 17 heavy (non-hydrogen) atoms. The fraction of sp³-hybridized carbons (Fsp3) is 0.583. The number of aromatic nitrogens is 2. The summed E-state index contributed by atoms with van der Waals surface area (Å²) in [4.78, 5) is 20.2. The van der Waals surface area contributed by atoms with Crippen LogP contribution in [0.25, 0.3) is 0 Å². The van der Waals surface area contributed by atoms with E-state index in [1.54, 1.807) is 18.5 Å². The standard InChI is InChI=1S/C12H14N2O2S/c15-11(12-13-4-1-5-14-12)8-6-9-2-3-10(7-8)17(9)16/h1,4-5,8-10H,2-3,6-7H2. The van der Waals surface area contributed by atoms with E-state index in [0.717, 1.165) is 25.7 Å². The van der Waals surface area contributed by atoms with E-state index in [0.29, 0.717) is 5.82 Å². The summed E-state index contributed by atoms with van der Waals surface area (Å²) in [6.07, 6.45) is 6.71. The molecule has 3 rings (SSSR count). The van der Waals surface area contributed by atoms with Crippen molar-refractivity contribution in [3.63, 3.8) is 0 Å². The molecule has 2 saturated heterocycles. The Labute approximate surface area is 102 Å². The second kappa shape index (κ2) is 4.29. The van der Waals surface area contributed by atoms with E-state index in [1.807, 2.05) is 0 Å². The van der Waals surface area contributed by atoms with Gasteiger partial charge >= 0.3 is 0 Å². The van der Waals surface area contributed by atoms with E-state index in [4.69, 9.17) is 0 Å². The molecule has 1 aromatic rings. The molecule has 90 valence electrons.